The van der Waals surface area contributed by atoms with E-state index in [2.05, 4.69) is 13.5 Å². The SMILES string of the molecule is C=C(C)C(=O)Oc1ccc(O)cc1C(C)(C)CC. The van der Waals surface area contributed by atoms with E-state index >= 15 is 0 Å². The maximum absolute atomic E-state index is 11.6. The third kappa shape index (κ3) is 3.13. The maximum atomic E-state index is 11.6. The van der Waals surface area contributed by atoms with Gasteiger partial charge in [-0.1, -0.05) is 27.4 Å². The summed E-state index contributed by atoms with van der Waals surface area (Å²) in [6.45, 7) is 11.3. The van der Waals surface area contributed by atoms with E-state index in [0.29, 0.717) is 11.3 Å². The first-order valence-electron chi connectivity index (χ1n) is 5.99. The van der Waals surface area contributed by atoms with Crippen LogP contribution in [-0.4, -0.2) is 11.1 Å². The van der Waals surface area contributed by atoms with Crippen LogP contribution in [0.5, 0.6) is 11.5 Å². The van der Waals surface area contributed by atoms with Crippen LogP contribution in [0.25, 0.3) is 0 Å². The summed E-state index contributed by atoms with van der Waals surface area (Å²) in [7, 11) is 0. The lowest BCUT2D eigenvalue weighted by Crippen LogP contribution is -2.19. The van der Waals surface area contributed by atoms with Crippen molar-refractivity contribution in [3.05, 3.63) is 35.9 Å². The van der Waals surface area contributed by atoms with Crippen LogP contribution in [0.3, 0.4) is 0 Å². The summed E-state index contributed by atoms with van der Waals surface area (Å²) in [4.78, 5) is 11.6. The van der Waals surface area contributed by atoms with Gasteiger partial charge in [-0.05, 0) is 37.0 Å². The van der Waals surface area contributed by atoms with Crippen molar-refractivity contribution in [2.45, 2.75) is 39.5 Å². The highest BCUT2D eigenvalue weighted by Gasteiger charge is 2.24. The Hall–Kier alpha value is -1.77. The van der Waals surface area contributed by atoms with Crippen LogP contribution in [0.1, 0.15) is 39.7 Å². The number of carbonyl (C=O) groups excluding carboxylic acids is 1. The molecule has 1 aromatic rings. The Morgan fingerprint density at radius 2 is 2.06 bits per heavy atom. The number of esters is 1. The molecule has 1 N–H and O–H groups in total. The fraction of sp³-hybridized carbons (Fsp3) is 0.400. The molecule has 3 heteroatoms. The zero-order chi connectivity index (χ0) is 13.9. The molecule has 0 aliphatic heterocycles. The van der Waals surface area contributed by atoms with Crippen LogP contribution in [0.15, 0.2) is 30.4 Å². The first-order chi connectivity index (χ1) is 8.27. The lowest BCUT2D eigenvalue weighted by Gasteiger charge is -2.25. The Balaban J connectivity index is 3.20. The van der Waals surface area contributed by atoms with E-state index in [1.807, 2.05) is 13.8 Å². The van der Waals surface area contributed by atoms with Crippen molar-refractivity contribution in [2.24, 2.45) is 0 Å². The third-order valence-electron chi connectivity index (χ3n) is 3.13. The number of rotatable bonds is 4. The first-order valence-corrected chi connectivity index (χ1v) is 5.99. The fourth-order valence-electron chi connectivity index (χ4n) is 1.51. The first kappa shape index (κ1) is 14.3. The van der Waals surface area contributed by atoms with E-state index in [1.54, 1.807) is 19.1 Å². The van der Waals surface area contributed by atoms with Crippen molar-refractivity contribution in [1.82, 2.24) is 0 Å². The number of ether oxygens (including phenoxy) is 1. The van der Waals surface area contributed by atoms with Gasteiger partial charge in [0.25, 0.3) is 0 Å². The molecule has 0 saturated carbocycles. The molecule has 98 valence electrons. The monoisotopic (exact) mass is 248 g/mol. The summed E-state index contributed by atoms with van der Waals surface area (Å²) < 4.78 is 5.30. The minimum absolute atomic E-state index is 0.168. The molecule has 0 spiro atoms. The predicted octanol–water partition coefficient (Wildman–Crippen LogP) is 3.56. The van der Waals surface area contributed by atoms with Gasteiger partial charge in [-0.15, -0.1) is 0 Å². The van der Waals surface area contributed by atoms with E-state index < -0.39 is 5.97 Å². The van der Waals surface area contributed by atoms with Crippen molar-refractivity contribution in [2.75, 3.05) is 0 Å². The average Bonchev–Trinajstić information content (AvgIpc) is 2.31. The second-order valence-corrected chi connectivity index (χ2v) is 5.09. The van der Waals surface area contributed by atoms with Gasteiger partial charge in [-0.3, -0.25) is 0 Å². The lowest BCUT2D eigenvalue weighted by atomic mass is 9.81. The Kier molecular flexibility index (Phi) is 4.17. The van der Waals surface area contributed by atoms with Crippen LogP contribution in [-0.2, 0) is 10.2 Å². The van der Waals surface area contributed by atoms with Gasteiger partial charge in [0.15, 0.2) is 0 Å². The standard InChI is InChI=1S/C15H20O3/c1-6-15(4,5)12-9-11(16)7-8-13(12)18-14(17)10(2)3/h7-9,16H,2,6H2,1,3-5H3. The van der Waals surface area contributed by atoms with Crippen LogP contribution in [0.2, 0.25) is 0 Å². The highest BCUT2D eigenvalue weighted by atomic mass is 16.5. The van der Waals surface area contributed by atoms with Crippen LogP contribution >= 0.6 is 0 Å². The zero-order valence-corrected chi connectivity index (χ0v) is 11.4. The summed E-state index contributed by atoms with van der Waals surface area (Å²) in [5.74, 6) is 0.197. The average molecular weight is 248 g/mol. The normalized spacial score (nSPS) is 11.1. The Morgan fingerprint density at radius 1 is 1.44 bits per heavy atom. The van der Waals surface area contributed by atoms with E-state index in [1.165, 1.54) is 6.07 Å². The van der Waals surface area contributed by atoms with Gasteiger partial charge in [0.2, 0.25) is 0 Å². The van der Waals surface area contributed by atoms with Crippen molar-refractivity contribution in [3.8, 4) is 11.5 Å². The third-order valence-corrected chi connectivity index (χ3v) is 3.13. The zero-order valence-electron chi connectivity index (χ0n) is 11.4. The van der Waals surface area contributed by atoms with E-state index in [9.17, 15) is 9.90 Å². The highest BCUT2D eigenvalue weighted by Crippen LogP contribution is 2.36. The number of aromatic hydroxyl groups is 1. The minimum atomic E-state index is -0.450. The van der Waals surface area contributed by atoms with Crippen molar-refractivity contribution in [3.63, 3.8) is 0 Å². The number of phenols is 1. The van der Waals surface area contributed by atoms with Crippen LogP contribution < -0.4 is 4.74 Å². The smallest absolute Gasteiger partial charge is 0.338 e. The molecule has 0 atom stereocenters. The van der Waals surface area contributed by atoms with Crippen molar-refractivity contribution in [1.29, 1.82) is 0 Å². The maximum Gasteiger partial charge on any atom is 0.338 e. The molecule has 1 aromatic carbocycles. The lowest BCUT2D eigenvalue weighted by molar-refractivity contribution is -0.130. The van der Waals surface area contributed by atoms with Crippen LogP contribution in [0, 0.1) is 0 Å². The predicted molar refractivity (Wildman–Crippen MR) is 71.9 cm³/mol. The summed E-state index contributed by atoms with van der Waals surface area (Å²) in [6.07, 6.45) is 0.869. The minimum Gasteiger partial charge on any atom is -0.508 e. The molecule has 0 aliphatic carbocycles. The van der Waals surface area contributed by atoms with Gasteiger partial charge in [0, 0.05) is 11.1 Å². The summed E-state index contributed by atoms with van der Waals surface area (Å²) in [6, 6.07) is 4.77. The molecule has 0 unspecified atom stereocenters. The molecule has 0 aliphatic rings. The molecule has 18 heavy (non-hydrogen) atoms. The Labute approximate surface area is 108 Å². The highest BCUT2D eigenvalue weighted by molar-refractivity contribution is 5.89. The van der Waals surface area contributed by atoms with Crippen molar-refractivity contribution < 1.29 is 14.6 Å². The molecular weight excluding hydrogens is 228 g/mol. The molecule has 0 saturated heterocycles. The quantitative estimate of drug-likeness (QED) is 0.503. The number of benzene rings is 1. The molecule has 0 fully saturated rings. The number of hydrogen-bond acceptors (Lipinski definition) is 3. The van der Waals surface area contributed by atoms with Crippen LogP contribution in [0.4, 0.5) is 0 Å². The molecule has 0 heterocycles. The van der Waals surface area contributed by atoms with Gasteiger partial charge >= 0.3 is 5.97 Å². The number of hydrogen-bond donors (Lipinski definition) is 1. The van der Waals surface area contributed by atoms with E-state index in [0.717, 1.165) is 12.0 Å². The van der Waals surface area contributed by atoms with Gasteiger partial charge in [0.05, 0.1) is 0 Å². The molecular formula is C15H20O3. The van der Waals surface area contributed by atoms with Gasteiger partial charge < -0.3 is 9.84 Å². The summed E-state index contributed by atoms with van der Waals surface area (Å²) in [5.41, 5.74) is 0.992. The van der Waals surface area contributed by atoms with Gasteiger partial charge in [-0.25, -0.2) is 4.79 Å². The second kappa shape index (κ2) is 5.25. The van der Waals surface area contributed by atoms with E-state index in [4.69, 9.17) is 4.74 Å². The topological polar surface area (TPSA) is 46.5 Å². The molecule has 0 amide bonds. The molecule has 1 rings (SSSR count). The Bertz CT molecular complexity index is 473. The Morgan fingerprint density at radius 3 is 2.56 bits per heavy atom. The summed E-state index contributed by atoms with van der Waals surface area (Å²) >= 11 is 0. The number of carbonyl (C=O) groups is 1. The number of phenolic OH excluding ortho intramolecular Hbond substituents is 1. The summed E-state index contributed by atoms with van der Waals surface area (Å²) in [5, 5.41) is 9.58. The second-order valence-electron chi connectivity index (χ2n) is 5.09. The molecule has 0 aromatic heterocycles. The molecule has 3 nitrogen and oxygen atoms in total. The van der Waals surface area contributed by atoms with Crippen molar-refractivity contribution >= 4 is 5.97 Å². The van der Waals surface area contributed by atoms with Gasteiger partial charge in [0.1, 0.15) is 11.5 Å². The fourth-order valence-corrected chi connectivity index (χ4v) is 1.51. The molecule has 0 bridgehead atoms. The molecule has 0 radical (unpaired) electrons. The van der Waals surface area contributed by atoms with Gasteiger partial charge in [-0.2, -0.15) is 0 Å². The van der Waals surface area contributed by atoms with E-state index in [-0.39, 0.29) is 11.2 Å². The largest absolute Gasteiger partial charge is 0.508 e.